The van der Waals surface area contributed by atoms with E-state index in [9.17, 15) is 110 Å². The molecule has 145 heavy (non-hydrogen) atoms. The Balaban J connectivity index is 0.00000742. The molecule has 4 heterocycles. The van der Waals surface area contributed by atoms with E-state index < -0.39 is 349 Å². The number of rotatable bonds is 35. The number of aromatic nitrogens is 2. The molecule has 0 radical (unpaired) electrons. The molecule has 64 heteroatoms. The second kappa shape index (κ2) is 63.7. The number of unbranched alkanes of at least 4 members (excludes halogenated alkanes) is 1. The molecule has 0 saturated carbocycles. The summed E-state index contributed by atoms with van der Waals surface area (Å²) in [5.41, 5.74) is 46.2. The number of carboxylic acids is 2. The number of halogens is 3. The second-order valence-electron chi connectivity index (χ2n) is 34.1. The first-order valence-corrected chi connectivity index (χ1v) is 50.5. The highest BCUT2D eigenvalue weighted by Gasteiger charge is 2.44. The summed E-state index contributed by atoms with van der Waals surface area (Å²) in [5.74, 6) is -32.0. The van der Waals surface area contributed by atoms with Crippen molar-refractivity contribution in [3.8, 4) is 0 Å². The number of amides is 21. The van der Waals surface area contributed by atoms with E-state index in [2.05, 4.69) is 106 Å². The molecule has 2 bridgehead atoms. The third kappa shape index (κ3) is 47.4. The van der Waals surface area contributed by atoms with Crippen LogP contribution in [0.2, 0.25) is 0 Å². The highest BCUT2D eigenvalue weighted by atomic mass is 33.1. The number of aliphatic hydroxyl groups is 1. The molecule has 57 nitrogen and oxygen atoms in total. The molecule has 0 spiro atoms. The molecular formula is C81H132F3N31O26S4. The standard InChI is InChI=1S/C79H131N31O24S4.C2HF3O2/c1-35(2)26-49-70(127)107-51-31-136-135-30-41(81)63(120)105-50(28-57(84)114)71(128)108-53(73(130)99-42(12-7-8-22-80)64(121)96-38(5)77(134)110-25-11-15-54(110)75(132)102-47(18-21-58(115)116)69(126)109-59(39(6)111)76(133)95-37(4)62(119)104-49)33-138-137-32-52(106-66(123)44(14-10-24-92-79(88)89)98-65(122)43(13-9-23-91-78(86)87)97-61(118)36(3)94-72(51)129)74(131)101-45(16-19-55(82)112)67(124)100-46(17-20-56(83)113)68(125)103-48(60(85)117)27-40-29-90-34-93-40;3-2(4,5)1(6)7/h29,34-39,41-54,59,111H,7-28,30-33,80-81H2,1-6H3,(H2,82,112)(H2,83,113)(H2,84,114)(H2,85,117)(H,90,93)(H,94,129)(H,95,133)(H,96,121)(H,97,118)(H,98,122)(H,99,130)(H,100,124)(H,101,131)(H,102,132)(H,103,125)(H,104,119)(H,105,120)(H,106,123)(H,107,127)(H,108,128)(H,109,126)(H,115,116)(H4,86,87,91)(H4,88,89,92);(H,6,7)/t36-,37-,38-,39?,41-,42-,43-,44-,45-,46-,47?,48-,49-,50-,51-,52-,53-,54-,59-;/m0./s1. The van der Waals surface area contributed by atoms with Crippen molar-refractivity contribution in [2.24, 2.45) is 51.8 Å². The Morgan fingerprint density at radius 3 is 1.43 bits per heavy atom. The molecular weight excluding hydrogens is 2010 g/mol. The van der Waals surface area contributed by atoms with Gasteiger partial charge in [-0.05, 0) is 124 Å². The fourth-order valence-electron chi connectivity index (χ4n) is 13.7. The van der Waals surface area contributed by atoms with Gasteiger partial charge in [-0.2, -0.15) is 13.2 Å². The third-order valence-corrected chi connectivity index (χ3v) is 26.3. The fraction of sp³-hybridized carbons (Fsp3) is 0.654. The minimum Gasteiger partial charge on any atom is -0.481 e. The Morgan fingerprint density at radius 1 is 0.503 bits per heavy atom. The lowest BCUT2D eigenvalue weighted by molar-refractivity contribution is -0.192. The number of carbonyl (C=O) groups excluding carboxylic acids is 21. The number of H-pyrrole nitrogens is 1. The molecule has 4 rings (SSSR count). The number of aromatic amines is 1. The molecule has 19 atom stereocenters. The van der Waals surface area contributed by atoms with Gasteiger partial charge < -0.3 is 167 Å². The van der Waals surface area contributed by atoms with Crippen molar-refractivity contribution < 1.29 is 139 Å². The Labute approximate surface area is 844 Å². The predicted molar refractivity (Wildman–Crippen MR) is 516 cm³/mol. The van der Waals surface area contributed by atoms with E-state index in [0.717, 1.165) is 47.3 Å². The molecule has 21 amide bonds. The fourth-order valence-corrected chi connectivity index (χ4v) is 18.3. The lowest BCUT2D eigenvalue weighted by Crippen LogP contribution is -2.61. The van der Waals surface area contributed by atoms with Gasteiger partial charge in [0.25, 0.3) is 0 Å². The molecule has 3 fully saturated rings. The van der Waals surface area contributed by atoms with Gasteiger partial charge in [-0.3, -0.25) is 116 Å². The Bertz CT molecular complexity index is 4710. The highest BCUT2D eigenvalue weighted by Crippen LogP contribution is 2.27. The SMILES string of the molecule is CC(C)C[C@@H]1NC(=O)[C@H](C)NC(=O)[C@H](C(C)O)NC(=O)C(CCC(=O)O)NC(=O)[C@@H]2CCCN2C(=O)[C@H](C)NC(=O)[C@H](CCCCN)NC(=O)[C@@H]2CSSC[C@@H](C(=O)N[C@@H](CCC(N)=O)C(=O)N[C@@H](CCC(N)=O)C(=O)N[C@@H](Cc3cnc[nH]3)C(N)=O)NC(=O)[C@H](CCCNC(=N)N)NC(=O)[C@H](CCCNC(=N)N)NC(=O)[C@H](C)NC(=O)[C@H](CSSC[C@H](N)C(=O)N[C@@H](CC(N)=O)C(=O)N2)NC1=O.O=C(O)C(F)(F)F. The highest BCUT2D eigenvalue weighted by molar-refractivity contribution is 8.77. The van der Waals surface area contributed by atoms with E-state index in [1.54, 1.807) is 13.8 Å². The summed E-state index contributed by atoms with van der Waals surface area (Å²) in [5, 5.41) is 87.8. The van der Waals surface area contributed by atoms with Crippen molar-refractivity contribution in [1.29, 1.82) is 10.8 Å². The number of nitrogens with two attached hydrogens (primary N) is 8. The number of aliphatic carboxylic acids is 2. The van der Waals surface area contributed by atoms with E-state index in [1.807, 2.05) is 0 Å². The summed E-state index contributed by atoms with van der Waals surface area (Å²) in [7, 11) is 2.86. The Hall–Kier alpha value is -13.4. The average molecular weight is 2140 g/mol. The summed E-state index contributed by atoms with van der Waals surface area (Å²) >= 11 is 0. The molecule has 3 saturated heterocycles. The van der Waals surface area contributed by atoms with Gasteiger partial charge in [-0.15, -0.1) is 0 Å². The topological polar surface area (TPSA) is 958 Å². The van der Waals surface area contributed by atoms with Gasteiger partial charge in [0.05, 0.1) is 24.9 Å². The van der Waals surface area contributed by atoms with E-state index >= 15 is 19.2 Å². The Kier molecular flexibility index (Phi) is 55.3. The van der Waals surface area contributed by atoms with Crippen LogP contribution in [0, 0.1) is 16.7 Å². The van der Waals surface area contributed by atoms with Crippen LogP contribution < -0.4 is 142 Å². The van der Waals surface area contributed by atoms with Crippen LogP contribution in [-0.4, -0.2) is 348 Å². The van der Waals surface area contributed by atoms with Gasteiger partial charge in [-0.25, -0.2) is 9.78 Å². The van der Waals surface area contributed by atoms with E-state index in [-0.39, 0.29) is 90.4 Å². The van der Waals surface area contributed by atoms with Gasteiger partial charge >= 0.3 is 18.1 Å². The van der Waals surface area contributed by atoms with Crippen molar-refractivity contribution in [3.05, 3.63) is 18.2 Å². The van der Waals surface area contributed by atoms with Crippen molar-refractivity contribution in [2.75, 3.05) is 49.2 Å². The monoisotopic (exact) mass is 2140 g/mol. The molecule has 0 aromatic carbocycles. The molecule has 40 N–H and O–H groups in total. The lowest BCUT2D eigenvalue weighted by atomic mass is 10.0. The van der Waals surface area contributed by atoms with Crippen molar-refractivity contribution in [1.82, 2.24) is 111 Å². The van der Waals surface area contributed by atoms with Crippen LogP contribution in [0.1, 0.15) is 156 Å². The summed E-state index contributed by atoms with van der Waals surface area (Å²) in [6, 6.07) is -31.5. The largest absolute Gasteiger partial charge is 0.490 e. The Morgan fingerprint density at radius 2 is 0.938 bits per heavy atom. The minimum absolute atomic E-state index is 0.0327. The van der Waals surface area contributed by atoms with E-state index in [4.69, 9.17) is 66.6 Å². The van der Waals surface area contributed by atoms with Crippen LogP contribution in [-0.2, 0) is 117 Å². The predicted octanol–water partition coefficient (Wildman–Crippen LogP) is -11.7. The normalized spacial score (nSPS) is 24.4. The summed E-state index contributed by atoms with van der Waals surface area (Å²) in [6.45, 7) is 7.48. The lowest BCUT2D eigenvalue weighted by Gasteiger charge is -2.30. The zero-order valence-corrected chi connectivity index (χ0v) is 83.4. The number of hydrogen-bond donors (Lipinski definition) is 32. The number of primary amides is 4. The molecule has 1 aromatic rings. The minimum atomic E-state index is -5.08. The van der Waals surface area contributed by atoms with Crippen LogP contribution in [0.3, 0.4) is 0 Å². The number of guanidine groups is 2. The molecule has 3 aliphatic heterocycles. The molecule has 1 aromatic heterocycles. The zero-order chi connectivity index (χ0) is 109. The quantitative estimate of drug-likeness (QED) is 0.0130. The van der Waals surface area contributed by atoms with Gasteiger partial charge in [0.1, 0.15) is 103 Å². The van der Waals surface area contributed by atoms with Gasteiger partial charge in [-0.1, -0.05) is 57.0 Å². The summed E-state index contributed by atoms with van der Waals surface area (Å²) in [6.07, 6.45) is -10.7. The smallest absolute Gasteiger partial charge is 0.481 e. The molecule has 0 aliphatic carbocycles. The number of fused-ring (bicyclic) bond motifs is 12. The van der Waals surface area contributed by atoms with Gasteiger partial charge in [0.15, 0.2) is 11.9 Å². The number of nitrogens with zero attached hydrogens (tertiary/aromatic N) is 2. The van der Waals surface area contributed by atoms with Crippen molar-refractivity contribution in [2.45, 2.75) is 278 Å². The maximum Gasteiger partial charge on any atom is 0.490 e. The first-order valence-electron chi connectivity index (χ1n) is 45.5. The van der Waals surface area contributed by atoms with Crippen LogP contribution >= 0.6 is 43.2 Å². The summed E-state index contributed by atoms with van der Waals surface area (Å²) in [4.78, 5) is 329. The first-order chi connectivity index (χ1) is 67.9. The maximum atomic E-state index is 15.4. The van der Waals surface area contributed by atoms with Gasteiger partial charge in [0.2, 0.25) is 124 Å². The van der Waals surface area contributed by atoms with Crippen LogP contribution in [0.5, 0.6) is 0 Å². The van der Waals surface area contributed by atoms with E-state index in [1.165, 1.54) is 19.4 Å². The number of hydrogen-bond acceptors (Lipinski definition) is 33. The summed E-state index contributed by atoms with van der Waals surface area (Å²) < 4.78 is 31.7. The number of aliphatic hydroxyl groups excluding tert-OH is 1. The molecule has 2 unspecified atom stereocenters. The molecule has 812 valence electrons. The number of carboxylic acid groups (broad SMARTS) is 2. The van der Waals surface area contributed by atoms with Crippen molar-refractivity contribution in [3.63, 3.8) is 0 Å². The number of imidazole rings is 1. The van der Waals surface area contributed by atoms with Crippen LogP contribution in [0.15, 0.2) is 12.5 Å². The number of carbonyl (C=O) groups is 23. The van der Waals surface area contributed by atoms with Crippen LogP contribution in [0.4, 0.5) is 13.2 Å². The van der Waals surface area contributed by atoms with E-state index in [0.29, 0.717) is 27.3 Å². The maximum absolute atomic E-state index is 15.4. The van der Waals surface area contributed by atoms with Crippen LogP contribution in [0.25, 0.3) is 0 Å². The third-order valence-electron chi connectivity index (χ3n) is 21.5. The van der Waals surface area contributed by atoms with Crippen molar-refractivity contribution >= 4 is 191 Å². The zero-order valence-electron chi connectivity index (χ0n) is 80.1. The number of nitrogens with one attached hydrogen (secondary N) is 21. The molecule has 3 aliphatic rings. The average Bonchev–Trinajstić information content (AvgIpc) is 1.85. The first kappa shape index (κ1) is 126. The second-order valence-corrected chi connectivity index (χ2v) is 39.2. The number of alkyl halides is 3. The van der Waals surface area contributed by atoms with Gasteiger partial charge in [0, 0.05) is 80.2 Å².